The van der Waals surface area contributed by atoms with Gasteiger partial charge in [-0.25, -0.2) is 15.8 Å². The lowest BCUT2D eigenvalue weighted by Crippen LogP contribution is -2.11. The summed E-state index contributed by atoms with van der Waals surface area (Å²) in [4.78, 5) is 8.50. The van der Waals surface area contributed by atoms with Crippen molar-refractivity contribution in [2.45, 2.75) is 16.8 Å². The van der Waals surface area contributed by atoms with Gasteiger partial charge < -0.3 is 14.7 Å². The number of hydrogen-bond donors (Lipinski definition) is 2. The molecule has 0 spiro atoms. The largest absolute Gasteiger partial charge is 0.377 e. The zero-order valence-corrected chi connectivity index (χ0v) is 10.8. The topological polar surface area (TPSA) is 104 Å². The van der Waals surface area contributed by atoms with Gasteiger partial charge >= 0.3 is 0 Å². The minimum Gasteiger partial charge on any atom is -0.377 e. The van der Waals surface area contributed by atoms with Gasteiger partial charge in [-0.3, -0.25) is 0 Å². The van der Waals surface area contributed by atoms with Crippen LogP contribution in [0.25, 0.3) is 0 Å². The van der Waals surface area contributed by atoms with E-state index in [-0.39, 0.29) is 0 Å². The van der Waals surface area contributed by atoms with Gasteiger partial charge in [-0.15, -0.1) is 10.2 Å². The molecule has 2 heterocycles. The number of nitrogens with two attached hydrogens (primary N) is 1. The van der Waals surface area contributed by atoms with Crippen LogP contribution in [0.3, 0.4) is 0 Å². The lowest BCUT2D eigenvalue weighted by Gasteiger charge is -2.06. The van der Waals surface area contributed by atoms with Gasteiger partial charge in [0.1, 0.15) is 23.8 Å². The van der Waals surface area contributed by atoms with Crippen LogP contribution in [0.1, 0.15) is 5.82 Å². The molecule has 96 valence electrons. The molecule has 0 radical (unpaired) electrons. The standard InChI is InChI=1S/C9H13N7OS/c1-16-5-11-15-9(16)18-8-3-6(14-10)12-7(13-8)4-17-2/h3,5H,4,10H2,1-2H3,(H,12,13,14). The number of ether oxygens (including phenoxy) is 1. The number of anilines is 1. The highest BCUT2D eigenvalue weighted by Crippen LogP contribution is 2.25. The summed E-state index contributed by atoms with van der Waals surface area (Å²) in [5.74, 6) is 6.45. The van der Waals surface area contributed by atoms with Crippen LogP contribution >= 0.6 is 11.8 Å². The fourth-order valence-corrected chi connectivity index (χ4v) is 2.04. The van der Waals surface area contributed by atoms with Crippen LogP contribution in [-0.4, -0.2) is 31.8 Å². The number of methoxy groups -OCH3 is 1. The Morgan fingerprint density at radius 3 is 2.94 bits per heavy atom. The Balaban J connectivity index is 2.26. The van der Waals surface area contributed by atoms with E-state index in [9.17, 15) is 0 Å². The van der Waals surface area contributed by atoms with E-state index in [0.29, 0.717) is 18.2 Å². The molecule has 0 aliphatic rings. The lowest BCUT2D eigenvalue weighted by atomic mass is 10.5. The average molecular weight is 267 g/mol. The number of rotatable bonds is 5. The number of nitrogens with one attached hydrogen (secondary N) is 1. The molecule has 0 aliphatic carbocycles. The molecular formula is C9H13N7OS. The smallest absolute Gasteiger partial charge is 0.197 e. The number of nitrogen functional groups attached to an aromatic ring is 1. The highest BCUT2D eigenvalue weighted by molar-refractivity contribution is 7.99. The Hall–Kier alpha value is -1.71. The van der Waals surface area contributed by atoms with E-state index in [0.717, 1.165) is 10.2 Å². The molecule has 8 nitrogen and oxygen atoms in total. The number of nitrogens with zero attached hydrogens (tertiary/aromatic N) is 5. The molecule has 0 aromatic carbocycles. The third-order valence-electron chi connectivity index (χ3n) is 2.04. The molecule has 0 unspecified atom stereocenters. The fraction of sp³-hybridized carbons (Fsp3) is 0.333. The quantitative estimate of drug-likeness (QED) is 0.449. The zero-order valence-electron chi connectivity index (χ0n) is 9.99. The summed E-state index contributed by atoms with van der Waals surface area (Å²) >= 11 is 1.38. The first-order valence-electron chi connectivity index (χ1n) is 5.08. The molecule has 0 saturated heterocycles. The number of aromatic nitrogens is 5. The normalized spacial score (nSPS) is 10.6. The highest BCUT2D eigenvalue weighted by Gasteiger charge is 2.09. The second-order valence-corrected chi connectivity index (χ2v) is 4.40. The first kappa shape index (κ1) is 12.7. The van der Waals surface area contributed by atoms with Gasteiger partial charge in [-0.1, -0.05) is 0 Å². The SMILES string of the molecule is COCc1nc(NN)cc(Sc2nncn2C)n1. The second-order valence-electron chi connectivity index (χ2n) is 3.41. The molecule has 2 aromatic heterocycles. The average Bonchev–Trinajstić information content (AvgIpc) is 2.75. The van der Waals surface area contributed by atoms with Gasteiger partial charge in [0.15, 0.2) is 11.0 Å². The third kappa shape index (κ3) is 2.94. The monoisotopic (exact) mass is 267 g/mol. The Morgan fingerprint density at radius 1 is 1.50 bits per heavy atom. The molecule has 0 saturated carbocycles. The zero-order chi connectivity index (χ0) is 13.0. The Bertz CT molecular complexity index is 529. The van der Waals surface area contributed by atoms with Crippen molar-refractivity contribution in [2.75, 3.05) is 12.5 Å². The van der Waals surface area contributed by atoms with E-state index in [1.165, 1.54) is 11.8 Å². The van der Waals surface area contributed by atoms with Gasteiger partial charge in [0.25, 0.3) is 0 Å². The minimum atomic E-state index is 0.321. The van der Waals surface area contributed by atoms with Crippen LogP contribution in [0, 0.1) is 0 Å². The third-order valence-corrected chi connectivity index (χ3v) is 3.01. The number of hydrogen-bond acceptors (Lipinski definition) is 8. The molecule has 2 aromatic rings. The summed E-state index contributed by atoms with van der Waals surface area (Å²) in [7, 11) is 3.45. The molecule has 18 heavy (non-hydrogen) atoms. The highest BCUT2D eigenvalue weighted by atomic mass is 32.2. The molecule has 0 atom stereocenters. The fourth-order valence-electron chi connectivity index (χ4n) is 1.25. The van der Waals surface area contributed by atoms with Crippen molar-refractivity contribution in [1.29, 1.82) is 0 Å². The summed E-state index contributed by atoms with van der Waals surface area (Å²) in [6, 6.07) is 1.73. The predicted molar refractivity (Wildman–Crippen MR) is 65.7 cm³/mol. The molecule has 9 heteroatoms. The maximum Gasteiger partial charge on any atom is 0.197 e. The van der Waals surface area contributed by atoms with Crippen molar-refractivity contribution >= 4 is 17.6 Å². The van der Waals surface area contributed by atoms with Crippen LogP contribution in [0.5, 0.6) is 0 Å². The van der Waals surface area contributed by atoms with Crippen molar-refractivity contribution in [3.05, 3.63) is 18.2 Å². The Kier molecular flexibility index (Phi) is 4.07. The van der Waals surface area contributed by atoms with Crippen LogP contribution in [0.15, 0.2) is 22.6 Å². The van der Waals surface area contributed by atoms with Crippen molar-refractivity contribution in [3.63, 3.8) is 0 Å². The van der Waals surface area contributed by atoms with Gasteiger partial charge in [0.05, 0.1) is 0 Å². The van der Waals surface area contributed by atoms with Gasteiger partial charge in [0.2, 0.25) is 0 Å². The molecule has 2 rings (SSSR count). The number of aryl methyl sites for hydroxylation is 1. The maximum absolute atomic E-state index is 5.36. The van der Waals surface area contributed by atoms with Gasteiger partial charge in [0, 0.05) is 20.2 Å². The summed E-state index contributed by atoms with van der Waals surface area (Å²) in [5.41, 5.74) is 2.50. The van der Waals surface area contributed by atoms with E-state index in [1.54, 1.807) is 24.1 Å². The van der Waals surface area contributed by atoms with Crippen LogP contribution in [0.2, 0.25) is 0 Å². The second kappa shape index (κ2) is 5.76. The van der Waals surface area contributed by atoms with Crippen LogP contribution < -0.4 is 11.3 Å². The van der Waals surface area contributed by atoms with E-state index in [1.807, 2.05) is 7.05 Å². The van der Waals surface area contributed by atoms with Crippen molar-refractivity contribution in [2.24, 2.45) is 12.9 Å². The first-order valence-corrected chi connectivity index (χ1v) is 5.90. The Labute approximate surface area is 108 Å². The molecule has 0 fully saturated rings. The van der Waals surface area contributed by atoms with Crippen LogP contribution in [0.4, 0.5) is 5.82 Å². The summed E-state index contributed by atoms with van der Waals surface area (Å²) < 4.78 is 6.81. The lowest BCUT2D eigenvalue weighted by molar-refractivity contribution is 0.177. The summed E-state index contributed by atoms with van der Waals surface area (Å²) in [6.07, 6.45) is 1.63. The molecule has 3 N–H and O–H groups in total. The predicted octanol–water partition coefficient (Wildman–Crippen LogP) is 0.188. The van der Waals surface area contributed by atoms with Gasteiger partial charge in [-0.05, 0) is 11.8 Å². The minimum absolute atomic E-state index is 0.321. The van der Waals surface area contributed by atoms with E-state index < -0.39 is 0 Å². The summed E-state index contributed by atoms with van der Waals surface area (Å²) in [6.45, 7) is 0.321. The van der Waals surface area contributed by atoms with Gasteiger partial charge in [-0.2, -0.15) is 0 Å². The number of hydrazine groups is 1. The van der Waals surface area contributed by atoms with Crippen molar-refractivity contribution in [3.8, 4) is 0 Å². The van der Waals surface area contributed by atoms with E-state index in [4.69, 9.17) is 10.6 Å². The van der Waals surface area contributed by atoms with E-state index >= 15 is 0 Å². The summed E-state index contributed by atoms with van der Waals surface area (Å²) in [5, 5.41) is 9.24. The molecule has 0 amide bonds. The van der Waals surface area contributed by atoms with Crippen molar-refractivity contribution < 1.29 is 4.74 Å². The van der Waals surface area contributed by atoms with Crippen LogP contribution in [-0.2, 0) is 18.4 Å². The Morgan fingerprint density at radius 2 is 2.33 bits per heavy atom. The molecule has 0 bridgehead atoms. The maximum atomic E-state index is 5.36. The molecular weight excluding hydrogens is 254 g/mol. The van der Waals surface area contributed by atoms with E-state index in [2.05, 4.69) is 25.6 Å². The van der Waals surface area contributed by atoms with Crippen molar-refractivity contribution in [1.82, 2.24) is 24.7 Å². The first-order chi connectivity index (χ1) is 8.72. The molecule has 0 aliphatic heterocycles.